The van der Waals surface area contributed by atoms with Gasteiger partial charge in [0, 0.05) is 19.7 Å². The van der Waals surface area contributed by atoms with Crippen LogP contribution in [0.25, 0.3) is 0 Å². The summed E-state index contributed by atoms with van der Waals surface area (Å²) >= 11 is 0. The monoisotopic (exact) mass is 167 g/mol. The van der Waals surface area contributed by atoms with Gasteiger partial charge in [0.25, 0.3) is 0 Å². The molecule has 1 rings (SSSR count). The molecule has 12 heavy (non-hydrogen) atoms. The zero-order chi connectivity index (χ0) is 8.97. The topological polar surface area (TPSA) is 60.9 Å². The predicted molar refractivity (Wildman–Crippen MR) is 45.8 cm³/mol. The zero-order valence-electron chi connectivity index (χ0n) is 7.16. The van der Waals surface area contributed by atoms with E-state index in [0.29, 0.717) is 18.7 Å². The first-order valence-corrected chi connectivity index (χ1v) is 3.97. The zero-order valence-corrected chi connectivity index (χ0v) is 7.16. The summed E-state index contributed by atoms with van der Waals surface area (Å²) in [6, 6.07) is 1.72. The van der Waals surface area contributed by atoms with Gasteiger partial charge in [0.15, 0.2) is 5.78 Å². The van der Waals surface area contributed by atoms with Crippen molar-refractivity contribution in [3.8, 4) is 0 Å². The first-order chi connectivity index (χ1) is 5.74. The van der Waals surface area contributed by atoms with Crippen LogP contribution in [0.15, 0.2) is 12.3 Å². The molecule has 0 aliphatic rings. The minimum atomic E-state index is 0.0704. The Morgan fingerprint density at radius 3 is 3.00 bits per heavy atom. The fourth-order valence-corrected chi connectivity index (χ4v) is 0.954. The maximum Gasteiger partial charge on any atom is 0.183 e. The summed E-state index contributed by atoms with van der Waals surface area (Å²) in [4.78, 5) is 11.3. The summed E-state index contributed by atoms with van der Waals surface area (Å²) in [6.45, 7) is 0.554. The summed E-state index contributed by atoms with van der Waals surface area (Å²) in [7, 11) is 1.79. The Morgan fingerprint density at radius 2 is 2.50 bits per heavy atom. The molecule has 0 saturated heterocycles. The number of carbonyl (C=O) groups excluding carboxylic acids is 1. The Hall–Kier alpha value is -1.16. The van der Waals surface area contributed by atoms with Crippen molar-refractivity contribution in [2.75, 3.05) is 6.54 Å². The highest BCUT2D eigenvalue weighted by Gasteiger charge is 2.06. The van der Waals surface area contributed by atoms with Crippen molar-refractivity contribution in [2.24, 2.45) is 12.8 Å². The van der Waals surface area contributed by atoms with E-state index in [1.165, 1.54) is 0 Å². The largest absolute Gasteiger partial charge is 0.330 e. The molecule has 0 spiro atoms. The van der Waals surface area contributed by atoms with Crippen molar-refractivity contribution in [3.05, 3.63) is 18.0 Å². The number of nitrogens with two attached hydrogens (primary N) is 1. The standard InChI is InChI=1S/C8H13N3O/c1-11-6-4-7(10-11)8(12)3-2-5-9/h4,6H,2-3,5,9H2,1H3. The minimum absolute atomic E-state index is 0.0704. The van der Waals surface area contributed by atoms with Gasteiger partial charge >= 0.3 is 0 Å². The predicted octanol–water partition coefficient (Wildman–Crippen LogP) is 0.342. The molecule has 0 amide bonds. The van der Waals surface area contributed by atoms with Gasteiger partial charge in [-0.2, -0.15) is 5.10 Å². The van der Waals surface area contributed by atoms with Crippen LogP contribution in [0.4, 0.5) is 0 Å². The molecule has 0 aromatic carbocycles. The van der Waals surface area contributed by atoms with E-state index in [-0.39, 0.29) is 5.78 Å². The number of Topliss-reactive ketones (excluding diaryl/α,β-unsaturated/α-hetero) is 1. The van der Waals surface area contributed by atoms with E-state index in [0.717, 1.165) is 6.42 Å². The van der Waals surface area contributed by atoms with E-state index in [1.54, 1.807) is 24.0 Å². The molecule has 1 aromatic heterocycles. The van der Waals surface area contributed by atoms with Crippen molar-refractivity contribution < 1.29 is 4.79 Å². The van der Waals surface area contributed by atoms with Crippen LogP contribution < -0.4 is 5.73 Å². The molecular weight excluding hydrogens is 154 g/mol. The highest BCUT2D eigenvalue weighted by Crippen LogP contribution is 2.00. The summed E-state index contributed by atoms with van der Waals surface area (Å²) in [5.41, 5.74) is 5.82. The maximum absolute atomic E-state index is 11.3. The van der Waals surface area contributed by atoms with Gasteiger partial charge < -0.3 is 5.73 Å². The fraction of sp³-hybridized carbons (Fsp3) is 0.500. The van der Waals surface area contributed by atoms with Gasteiger partial charge in [-0.25, -0.2) is 0 Å². The smallest absolute Gasteiger partial charge is 0.183 e. The van der Waals surface area contributed by atoms with E-state index in [1.807, 2.05) is 0 Å². The van der Waals surface area contributed by atoms with E-state index in [9.17, 15) is 4.79 Å². The number of nitrogens with zero attached hydrogens (tertiary/aromatic N) is 2. The van der Waals surface area contributed by atoms with Crippen molar-refractivity contribution in [2.45, 2.75) is 12.8 Å². The van der Waals surface area contributed by atoms with Gasteiger partial charge in [-0.05, 0) is 19.0 Å². The molecule has 0 fully saturated rings. The van der Waals surface area contributed by atoms with Crippen LogP contribution in [-0.2, 0) is 7.05 Å². The molecular formula is C8H13N3O. The van der Waals surface area contributed by atoms with Crippen LogP contribution in [0.1, 0.15) is 23.3 Å². The quantitative estimate of drug-likeness (QED) is 0.658. The van der Waals surface area contributed by atoms with E-state index in [2.05, 4.69) is 5.10 Å². The highest BCUT2D eigenvalue weighted by molar-refractivity contribution is 5.94. The number of aromatic nitrogens is 2. The molecule has 4 heteroatoms. The van der Waals surface area contributed by atoms with Crippen LogP contribution in [0, 0.1) is 0 Å². The number of aryl methyl sites for hydroxylation is 1. The van der Waals surface area contributed by atoms with Crippen LogP contribution in [0.5, 0.6) is 0 Å². The second kappa shape index (κ2) is 4.01. The Labute approximate surface area is 71.4 Å². The number of rotatable bonds is 4. The van der Waals surface area contributed by atoms with Crippen molar-refractivity contribution in [3.63, 3.8) is 0 Å². The third kappa shape index (κ3) is 2.17. The first-order valence-electron chi connectivity index (χ1n) is 3.97. The second-order valence-corrected chi connectivity index (χ2v) is 2.69. The molecule has 2 N–H and O–H groups in total. The van der Waals surface area contributed by atoms with E-state index < -0.39 is 0 Å². The summed E-state index contributed by atoms with van der Waals surface area (Å²) in [5, 5.41) is 3.99. The lowest BCUT2D eigenvalue weighted by Crippen LogP contribution is -2.05. The Bertz CT molecular complexity index is 267. The molecule has 0 radical (unpaired) electrons. The maximum atomic E-state index is 11.3. The Balaban J connectivity index is 2.53. The van der Waals surface area contributed by atoms with Crippen molar-refractivity contribution >= 4 is 5.78 Å². The van der Waals surface area contributed by atoms with Gasteiger partial charge in [0.2, 0.25) is 0 Å². The van der Waals surface area contributed by atoms with Gasteiger partial charge in [0.1, 0.15) is 5.69 Å². The molecule has 0 unspecified atom stereocenters. The summed E-state index contributed by atoms with van der Waals surface area (Å²) < 4.78 is 1.62. The fourth-order valence-electron chi connectivity index (χ4n) is 0.954. The molecule has 0 aliphatic heterocycles. The summed E-state index contributed by atoms with van der Waals surface area (Å²) in [5.74, 6) is 0.0704. The molecule has 0 saturated carbocycles. The normalized spacial score (nSPS) is 10.2. The van der Waals surface area contributed by atoms with Crippen LogP contribution in [-0.4, -0.2) is 22.1 Å². The Morgan fingerprint density at radius 1 is 1.75 bits per heavy atom. The number of ketones is 1. The molecule has 0 aliphatic carbocycles. The van der Waals surface area contributed by atoms with Crippen LogP contribution in [0.3, 0.4) is 0 Å². The van der Waals surface area contributed by atoms with Gasteiger partial charge in [0.05, 0.1) is 0 Å². The van der Waals surface area contributed by atoms with Gasteiger partial charge in [-0.3, -0.25) is 9.48 Å². The lowest BCUT2D eigenvalue weighted by molar-refractivity contribution is 0.0975. The van der Waals surface area contributed by atoms with Gasteiger partial charge in [-0.1, -0.05) is 0 Å². The molecule has 0 bridgehead atoms. The lowest BCUT2D eigenvalue weighted by atomic mass is 10.2. The third-order valence-electron chi connectivity index (χ3n) is 1.61. The van der Waals surface area contributed by atoms with E-state index in [4.69, 9.17) is 5.73 Å². The van der Waals surface area contributed by atoms with E-state index >= 15 is 0 Å². The Kier molecular flexibility index (Phi) is 2.99. The van der Waals surface area contributed by atoms with Crippen molar-refractivity contribution in [1.29, 1.82) is 0 Å². The molecule has 0 atom stereocenters. The SMILES string of the molecule is Cn1ccc(C(=O)CCCN)n1. The lowest BCUT2D eigenvalue weighted by Gasteiger charge is -1.93. The summed E-state index contributed by atoms with van der Waals surface area (Å²) in [6.07, 6.45) is 2.98. The minimum Gasteiger partial charge on any atom is -0.330 e. The van der Waals surface area contributed by atoms with Crippen LogP contribution >= 0.6 is 0 Å². The number of hydrogen-bond acceptors (Lipinski definition) is 3. The first kappa shape index (κ1) is 8.93. The average Bonchev–Trinajstić information content (AvgIpc) is 2.47. The molecule has 1 heterocycles. The molecule has 4 nitrogen and oxygen atoms in total. The number of carbonyl (C=O) groups is 1. The number of hydrogen-bond donors (Lipinski definition) is 1. The highest BCUT2D eigenvalue weighted by atomic mass is 16.1. The third-order valence-corrected chi connectivity index (χ3v) is 1.61. The molecule has 1 aromatic rings. The van der Waals surface area contributed by atoms with Gasteiger partial charge in [-0.15, -0.1) is 0 Å². The second-order valence-electron chi connectivity index (χ2n) is 2.69. The molecule has 66 valence electrons. The van der Waals surface area contributed by atoms with Crippen molar-refractivity contribution in [1.82, 2.24) is 9.78 Å². The van der Waals surface area contributed by atoms with Crippen LogP contribution in [0.2, 0.25) is 0 Å². The average molecular weight is 167 g/mol.